The number of nitrogens with zero attached hydrogens (tertiary/aromatic N) is 2. The lowest BCUT2D eigenvalue weighted by molar-refractivity contribution is -0.344. The quantitative estimate of drug-likeness (QED) is 0.0359. The molecule has 0 N–H and O–H groups in total. The summed E-state index contributed by atoms with van der Waals surface area (Å²) in [6.45, 7) is 21.7. The van der Waals surface area contributed by atoms with Gasteiger partial charge >= 0.3 is 0 Å². The molecule has 0 atom stereocenters. The molecule has 0 saturated carbocycles. The highest BCUT2D eigenvalue weighted by Gasteiger charge is 2.33. The summed E-state index contributed by atoms with van der Waals surface area (Å²) in [7, 11) is -2.83. The molecule has 3 rings (SSSR count). The van der Waals surface area contributed by atoms with Gasteiger partial charge in [0, 0.05) is 22.8 Å². The van der Waals surface area contributed by atoms with Crippen LogP contribution < -0.4 is 0 Å². The molecule has 0 fully saturated rings. The molecule has 2 nitrogen and oxygen atoms in total. The fourth-order valence-electron chi connectivity index (χ4n) is 12.4. The Morgan fingerprint density at radius 1 is 0.319 bits per heavy atom. The Morgan fingerprint density at radius 3 is 0.944 bits per heavy atom. The van der Waals surface area contributed by atoms with Crippen LogP contribution in [0.25, 0.3) is 16.9 Å². The highest BCUT2D eigenvalue weighted by Crippen LogP contribution is 2.40. The third-order valence-corrected chi connectivity index (χ3v) is 29.6. The molecule has 0 saturated heterocycles. The molecule has 2 aromatic carbocycles. The normalized spacial score (nSPS) is 13.3. The number of hydrogen-bond donors (Lipinski definition) is 0. The monoisotopic (exact) mass is 1020 g/mol. The molecule has 410 valence electrons. The molecule has 1 heterocycles. The van der Waals surface area contributed by atoms with E-state index in [9.17, 15) is 5.53 Å². The minimum Gasteiger partial charge on any atom is -0.493 e. The van der Waals surface area contributed by atoms with Crippen LogP contribution in [0.15, 0.2) is 48.0 Å². The third-order valence-electron chi connectivity index (χ3n) is 18.3. The van der Waals surface area contributed by atoms with Crippen molar-refractivity contribution in [3.8, 4) is 0 Å². The maximum Gasteiger partial charge on any atom is 0.210 e. The lowest BCUT2D eigenvalue weighted by Crippen LogP contribution is -2.34. The molecule has 0 aliphatic carbocycles. The van der Waals surface area contributed by atoms with Crippen LogP contribution >= 0.6 is 0 Å². The van der Waals surface area contributed by atoms with Crippen molar-refractivity contribution in [2.75, 3.05) is 0 Å². The minimum absolute atomic E-state index is 1.00. The zero-order chi connectivity index (χ0) is 52.1. The Kier molecular flexibility index (Phi) is 35.1. The zero-order valence-corrected chi connectivity index (χ0v) is 51.8. The lowest BCUT2D eigenvalue weighted by atomic mass is 9.97. The maximum absolute atomic E-state index is 12.7. The summed E-state index contributed by atoms with van der Waals surface area (Å²) in [5.74, 6) is 0. The molecule has 0 radical (unpaired) electrons. The Hall–Kier alpha value is -2.05. The van der Waals surface area contributed by atoms with Crippen LogP contribution in [0, 0.1) is 0 Å². The van der Waals surface area contributed by atoms with Crippen LogP contribution in [-0.2, 0) is 24.9 Å². The number of rotatable bonds is 47. The molecule has 1 aliphatic rings. The second-order valence-electron chi connectivity index (χ2n) is 23.8. The van der Waals surface area contributed by atoms with Crippen molar-refractivity contribution >= 4 is 27.5 Å². The van der Waals surface area contributed by atoms with Gasteiger partial charge in [-0.05, 0) is 97.1 Å². The molecule has 0 bridgehead atoms. The summed E-state index contributed by atoms with van der Waals surface area (Å²) >= 11 is 0. The van der Waals surface area contributed by atoms with E-state index < -0.39 is 16.1 Å². The van der Waals surface area contributed by atoms with E-state index in [1.807, 2.05) is 0 Å². The van der Waals surface area contributed by atoms with Crippen molar-refractivity contribution in [3.63, 3.8) is 0 Å². The Labute approximate surface area is 452 Å². The van der Waals surface area contributed by atoms with Crippen molar-refractivity contribution in [1.82, 2.24) is 0 Å². The number of benzene rings is 2. The average molecular weight is 1020 g/mol. The van der Waals surface area contributed by atoms with Crippen molar-refractivity contribution in [2.24, 2.45) is 0 Å². The second-order valence-corrected chi connectivity index (χ2v) is 34.7. The molecule has 0 unspecified atom stereocenters. The first-order valence-corrected chi connectivity index (χ1v) is 38.1. The fraction of sp³-hybridized carbons (Fsp3) is 0.765. The van der Waals surface area contributed by atoms with Gasteiger partial charge in [0.15, 0.2) is 0 Å². The average Bonchev–Trinajstić information content (AvgIpc) is 3.74. The van der Waals surface area contributed by atoms with Crippen LogP contribution in [0.1, 0.15) is 308 Å². The SMILES string of the molecule is CCCCCCCCCCCCCCCCCc1cc(C[Si](CC)(CC)CC)cc(C2=CC(CCCC)=C(c3cc(CCCCCCCCCCCCCCCCC)cc(C[Si](CC)(CC)CC)c3)[N+]2=[N-])c1. The second kappa shape index (κ2) is 39.4. The van der Waals surface area contributed by atoms with Crippen LogP contribution in [0.2, 0.25) is 36.3 Å². The molecule has 1 aliphatic heterocycles. The van der Waals surface area contributed by atoms with E-state index in [1.54, 1.807) is 4.70 Å². The van der Waals surface area contributed by atoms with Crippen LogP contribution in [0.5, 0.6) is 0 Å². The van der Waals surface area contributed by atoms with E-state index in [0.29, 0.717) is 0 Å². The standard InChI is InChI=1S/C68H120N2Si2/c1-10-19-22-24-26-28-30-32-34-36-38-40-42-44-46-48-60-51-62(58-71(13-4,14-5)15-6)55-65(53-60)67-57-64(50-21-12-3)68(70(67)69)66-54-61(52-63(56-66)59-72(16-7,17-8)18-9)49-47-45-43-41-39-37-35-33-31-29-27-25-23-20-11-2/h51-57H,10-50,58-59H2,1-9H3. The van der Waals surface area contributed by atoms with Gasteiger partial charge in [-0.15, -0.1) is 0 Å². The van der Waals surface area contributed by atoms with Crippen LogP contribution in [0.4, 0.5) is 0 Å². The van der Waals surface area contributed by atoms with Gasteiger partial charge in [-0.3, -0.25) is 0 Å². The van der Waals surface area contributed by atoms with E-state index in [2.05, 4.69) is 105 Å². The summed E-state index contributed by atoms with van der Waals surface area (Å²) in [4.78, 5) is 0. The van der Waals surface area contributed by atoms with Crippen molar-refractivity contribution in [1.29, 1.82) is 0 Å². The van der Waals surface area contributed by atoms with E-state index in [1.165, 1.54) is 280 Å². The lowest BCUT2D eigenvalue weighted by Gasteiger charge is -2.29. The highest BCUT2D eigenvalue weighted by molar-refractivity contribution is 6.79. The molecule has 2 aromatic rings. The molecule has 0 amide bonds. The summed E-state index contributed by atoms with van der Waals surface area (Å²) in [5, 5.41) is 0. The van der Waals surface area contributed by atoms with E-state index in [-0.39, 0.29) is 0 Å². The van der Waals surface area contributed by atoms with Gasteiger partial charge in [0.1, 0.15) is 0 Å². The number of hydrogen-bond acceptors (Lipinski definition) is 0. The van der Waals surface area contributed by atoms with Gasteiger partial charge < -0.3 is 5.53 Å². The first kappa shape index (κ1) is 64.2. The summed E-state index contributed by atoms with van der Waals surface area (Å²) in [6.07, 6.45) is 50.1. The largest absolute Gasteiger partial charge is 0.493 e. The number of aryl methyl sites for hydroxylation is 2. The predicted octanol–water partition coefficient (Wildman–Crippen LogP) is 23.7. The summed E-state index contributed by atoms with van der Waals surface area (Å²) in [6, 6.07) is 25.7. The fourth-order valence-corrected chi connectivity index (χ4v) is 19.1. The van der Waals surface area contributed by atoms with Gasteiger partial charge in [0.05, 0.1) is 16.1 Å². The van der Waals surface area contributed by atoms with Gasteiger partial charge in [-0.25, -0.2) is 4.70 Å². The zero-order valence-electron chi connectivity index (χ0n) is 49.8. The Bertz CT molecular complexity index is 1760. The summed E-state index contributed by atoms with van der Waals surface area (Å²) in [5.41, 5.74) is 24.6. The topological polar surface area (TPSA) is 25.3 Å². The van der Waals surface area contributed by atoms with Gasteiger partial charge in [-0.2, -0.15) is 0 Å². The van der Waals surface area contributed by atoms with Crippen molar-refractivity contribution < 1.29 is 4.70 Å². The highest BCUT2D eigenvalue weighted by atomic mass is 28.3. The van der Waals surface area contributed by atoms with Gasteiger partial charge in [0.2, 0.25) is 11.4 Å². The van der Waals surface area contributed by atoms with Gasteiger partial charge in [0.25, 0.3) is 0 Å². The summed E-state index contributed by atoms with van der Waals surface area (Å²) < 4.78 is 1.66. The first-order chi connectivity index (χ1) is 35.2. The molecule has 0 spiro atoms. The molecular formula is C68H120N2Si2. The van der Waals surface area contributed by atoms with E-state index >= 15 is 0 Å². The predicted molar refractivity (Wildman–Crippen MR) is 330 cm³/mol. The molecule has 0 aromatic heterocycles. The van der Waals surface area contributed by atoms with Crippen LogP contribution in [-0.4, -0.2) is 20.8 Å². The van der Waals surface area contributed by atoms with Gasteiger partial charge in [-0.1, -0.05) is 297 Å². The van der Waals surface area contributed by atoms with Crippen molar-refractivity contribution in [2.45, 2.75) is 335 Å². The molecular weight excluding hydrogens is 901 g/mol. The maximum atomic E-state index is 12.7. The van der Waals surface area contributed by atoms with E-state index in [0.717, 1.165) is 43.5 Å². The Balaban J connectivity index is 1.76. The van der Waals surface area contributed by atoms with Crippen molar-refractivity contribution in [3.05, 3.63) is 87.0 Å². The molecule has 72 heavy (non-hydrogen) atoms. The number of unbranched alkanes of at least 4 members (excludes halogenated alkanes) is 29. The minimum atomic E-state index is -1.42. The number of allylic oxidation sites excluding steroid dienone is 2. The van der Waals surface area contributed by atoms with Crippen LogP contribution in [0.3, 0.4) is 0 Å². The van der Waals surface area contributed by atoms with E-state index in [4.69, 9.17) is 0 Å². The first-order valence-electron chi connectivity index (χ1n) is 32.4. The smallest absolute Gasteiger partial charge is 0.210 e. The Morgan fingerprint density at radius 2 is 0.611 bits per heavy atom. The molecule has 4 heteroatoms. The third kappa shape index (κ3) is 24.3.